The zero-order valence-electron chi connectivity index (χ0n) is 12.4. The number of nitrogens with two attached hydrogens (primary N) is 1. The average molecular weight is 274 g/mol. The summed E-state index contributed by atoms with van der Waals surface area (Å²) in [5, 5.41) is 1.03. The maximum atomic E-state index is 6.45. The first kappa shape index (κ1) is 14.2. The highest BCUT2D eigenvalue weighted by molar-refractivity contribution is 7.11. The molecule has 0 aliphatic heterocycles. The molecule has 0 amide bonds. The van der Waals surface area contributed by atoms with Crippen molar-refractivity contribution in [3.63, 3.8) is 0 Å². The average Bonchev–Trinajstić information content (AvgIpc) is 2.69. The first-order valence-corrected chi connectivity index (χ1v) is 7.55. The lowest BCUT2D eigenvalue weighted by Crippen LogP contribution is -2.15. The Morgan fingerprint density at radius 2 is 1.74 bits per heavy atom. The summed E-state index contributed by atoms with van der Waals surface area (Å²) >= 11 is 1.73. The van der Waals surface area contributed by atoms with Crippen LogP contribution in [0.3, 0.4) is 0 Å². The summed E-state index contributed by atoms with van der Waals surface area (Å²) in [7, 11) is 0. The molecule has 2 N–H and O–H groups in total. The van der Waals surface area contributed by atoms with E-state index in [1.165, 1.54) is 32.8 Å². The van der Waals surface area contributed by atoms with Crippen molar-refractivity contribution in [1.82, 2.24) is 4.98 Å². The van der Waals surface area contributed by atoms with E-state index in [2.05, 4.69) is 46.8 Å². The van der Waals surface area contributed by atoms with Gasteiger partial charge in [0.25, 0.3) is 0 Å². The molecule has 1 atom stereocenters. The molecule has 0 aliphatic rings. The summed E-state index contributed by atoms with van der Waals surface area (Å²) in [5.74, 6) is 0. The predicted octanol–water partition coefficient (Wildman–Crippen LogP) is 3.99. The maximum absolute atomic E-state index is 6.45. The molecule has 0 fully saturated rings. The summed E-state index contributed by atoms with van der Waals surface area (Å²) in [5.41, 5.74) is 12.7. The van der Waals surface area contributed by atoms with Gasteiger partial charge in [0.05, 0.1) is 11.7 Å². The van der Waals surface area contributed by atoms with Gasteiger partial charge < -0.3 is 5.73 Å². The third-order valence-electron chi connectivity index (χ3n) is 3.56. The van der Waals surface area contributed by atoms with E-state index in [0.717, 1.165) is 11.4 Å². The Hall–Kier alpha value is -1.19. The first-order chi connectivity index (χ1) is 8.93. The highest BCUT2D eigenvalue weighted by Crippen LogP contribution is 2.30. The van der Waals surface area contributed by atoms with Crippen LogP contribution in [0.15, 0.2) is 12.1 Å². The quantitative estimate of drug-likeness (QED) is 0.919. The molecule has 1 unspecified atom stereocenters. The standard InChI is InChI=1S/C16H22N2S/c1-6-13-12(5)19-16(18-13)15(17)14-10(3)7-9(2)8-11(14)4/h7-8,15H,6,17H2,1-5H3. The zero-order chi connectivity index (χ0) is 14.2. The molecule has 1 heterocycles. The lowest BCUT2D eigenvalue weighted by atomic mass is 9.95. The van der Waals surface area contributed by atoms with Gasteiger partial charge in [0.1, 0.15) is 5.01 Å². The van der Waals surface area contributed by atoms with Crippen LogP contribution in [-0.2, 0) is 6.42 Å². The summed E-state index contributed by atoms with van der Waals surface area (Å²) in [6.45, 7) is 10.7. The first-order valence-electron chi connectivity index (χ1n) is 6.73. The second-order valence-corrected chi connectivity index (χ2v) is 6.43. The van der Waals surface area contributed by atoms with E-state index in [9.17, 15) is 0 Å². The van der Waals surface area contributed by atoms with Crippen molar-refractivity contribution in [2.24, 2.45) is 5.73 Å². The van der Waals surface area contributed by atoms with Gasteiger partial charge in [0.2, 0.25) is 0 Å². The van der Waals surface area contributed by atoms with Gasteiger partial charge in [-0.2, -0.15) is 0 Å². The van der Waals surface area contributed by atoms with E-state index < -0.39 is 0 Å². The number of nitrogens with zero attached hydrogens (tertiary/aromatic N) is 1. The lowest BCUT2D eigenvalue weighted by molar-refractivity contribution is 0.827. The van der Waals surface area contributed by atoms with Crippen molar-refractivity contribution in [3.8, 4) is 0 Å². The van der Waals surface area contributed by atoms with Gasteiger partial charge in [-0.25, -0.2) is 4.98 Å². The molecule has 3 heteroatoms. The normalized spacial score (nSPS) is 12.7. The zero-order valence-corrected chi connectivity index (χ0v) is 13.2. The molecule has 1 aromatic carbocycles. The fourth-order valence-electron chi connectivity index (χ4n) is 2.72. The number of benzene rings is 1. The van der Waals surface area contributed by atoms with E-state index in [4.69, 9.17) is 10.7 Å². The van der Waals surface area contributed by atoms with Crippen molar-refractivity contribution < 1.29 is 0 Å². The Morgan fingerprint density at radius 3 is 2.21 bits per heavy atom. The highest BCUT2D eigenvalue weighted by atomic mass is 32.1. The van der Waals surface area contributed by atoms with Gasteiger partial charge in [0.15, 0.2) is 0 Å². The molecular formula is C16H22N2S. The van der Waals surface area contributed by atoms with Crippen molar-refractivity contribution in [3.05, 3.63) is 50.0 Å². The van der Waals surface area contributed by atoms with Gasteiger partial charge in [-0.3, -0.25) is 0 Å². The Kier molecular flexibility index (Phi) is 4.07. The molecule has 2 aromatic rings. The summed E-state index contributed by atoms with van der Waals surface area (Å²) in [6, 6.07) is 4.29. The van der Waals surface area contributed by atoms with Crippen LogP contribution in [0.4, 0.5) is 0 Å². The molecular weight excluding hydrogens is 252 g/mol. The van der Waals surface area contributed by atoms with Crippen LogP contribution in [-0.4, -0.2) is 4.98 Å². The van der Waals surface area contributed by atoms with Crippen LogP contribution in [0.5, 0.6) is 0 Å². The molecule has 0 saturated carbocycles. The smallest absolute Gasteiger partial charge is 0.114 e. The molecule has 0 aliphatic carbocycles. The van der Waals surface area contributed by atoms with Crippen molar-refractivity contribution >= 4 is 11.3 Å². The molecule has 2 nitrogen and oxygen atoms in total. The molecule has 102 valence electrons. The number of aromatic nitrogens is 1. The maximum Gasteiger partial charge on any atom is 0.114 e. The number of aryl methyl sites for hydroxylation is 5. The summed E-state index contributed by atoms with van der Waals surface area (Å²) in [4.78, 5) is 5.99. The molecule has 0 bridgehead atoms. The van der Waals surface area contributed by atoms with Gasteiger partial charge in [-0.05, 0) is 50.8 Å². The highest BCUT2D eigenvalue weighted by Gasteiger charge is 2.19. The van der Waals surface area contributed by atoms with Crippen molar-refractivity contribution in [2.45, 2.75) is 47.1 Å². The third-order valence-corrected chi connectivity index (χ3v) is 4.66. The van der Waals surface area contributed by atoms with Crippen LogP contribution in [0.2, 0.25) is 0 Å². The molecule has 0 spiro atoms. The van der Waals surface area contributed by atoms with E-state index >= 15 is 0 Å². The van der Waals surface area contributed by atoms with Crippen molar-refractivity contribution in [2.75, 3.05) is 0 Å². The van der Waals surface area contributed by atoms with Gasteiger partial charge in [-0.1, -0.05) is 24.6 Å². The summed E-state index contributed by atoms with van der Waals surface area (Å²) in [6.07, 6.45) is 0.973. The number of hydrogen-bond acceptors (Lipinski definition) is 3. The van der Waals surface area contributed by atoms with E-state index in [1.807, 2.05) is 0 Å². The minimum Gasteiger partial charge on any atom is -0.318 e. The third kappa shape index (κ3) is 2.72. The topological polar surface area (TPSA) is 38.9 Å². The molecule has 0 saturated heterocycles. The molecule has 2 rings (SSSR count). The molecule has 19 heavy (non-hydrogen) atoms. The summed E-state index contributed by atoms with van der Waals surface area (Å²) < 4.78 is 0. The van der Waals surface area contributed by atoms with Crippen LogP contribution in [0, 0.1) is 27.7 Å². The fourth-order valence-corrected chi connectivity index (χ4v) is 3.74. The number of thiazole rings is 1. The number of rotatable bonds is 3. The Morgan fingerprint density at radius 1 is 1.16 bits per heavy atom. The van der Waals surface area contributed by atoms with E-state index in [0.29, 0.717) is 0 Å². The molecule has 1 aromatic heterocycles. The Balaban J connectivity index is 2.46. The predicted molar refractivity (Wildman–Crippen MR) is 82.9 cm³/mol. The lowest BCUT2D eigenvalue weighted by Gasteiger charge is -2.16. The minimum absolute atomic E-state index is 0.107. The SMILES string of the molecule is CCc1nc(C(N)c2c(C)cc(C)cc2C)sc1C. The largest absolute Gasteiger partial charge is 0.318 e. The fraction of sp³-hybridized carbons (Fsp3) is 0.438. The minimum atomic E-state index is -0.107. The Labute approximate surface area is 119 Å². The van der Waals surface area contributed by atoms with E-state index in [-0.39, 0.29) is 6.04 Å². The van der Waals surface area contributed by atoms with Crippen LogP contribution in [0.25, 0.3) is 0 Å². The monoisotopic (exact) mass is 274 g/mol. The van der Waals surface area contributed by atoms with Gasteiger partial charge >= 0.3 is 0 Å². The second kappa shape index (κ2) is 5.43. The van der Waals surface area contributed by atoms with Gasteiger partial charge in [0, 0.05) is 4.88 Å². The molecule has 0 radical (unpaired) electrons. The van der Waals surface area contributed by atoms with Crippen LogP contribution < -0.4 is 5.73 Å². The second-order valence-electron chi connectivity index (χ2n) is 5.20. The number of hydrogen-bond donors (Lipinski definition) is 1. The van der Waals surface area contributed by atoms with Crippen LogP contribution >= 0.6 is 11.3 Å². The van der Waals surface area contributed by atoms with Crippen molar-refractivity contribution in [1.29, 1.82) is 0 Å². The van der Waals surface area contributed by atoms with Gasteiger partial charge in [-0.15, -0.1) is 11.3 Å². The van der Waals surface area contributed by atoms with Crippen LogP contribution in [0.1, 0.15) is 50.8 Å². The van der Waals surface area contributed by atoms with E-state index in [1.54, 1.807) is 11.3 Å². The Bertz CT molecular complexity index is 576.